The van der Waals surface area contributed by atoms with Gasteiger partial charge in [-0.15, -0.1) is 0 Å². The van der Waals surface area contributed by atoms with Gasteiger partial charge in [-0.25, -0.2) is 0 Å². The Kier molecular flexibility index (Phi) is 5.16. The number of hydrogen-bond donors (Lipinski definition) is 1. The fraction of sp³-hybridized carbons (Fsp3) is 0.250. The lowest BCUT2D eigenvalue weighted by molar-refractivity contribution is 0.330. The molecule has 0 atom stereocenters. The molecule has 2 rings (SSSR count). The van der Waals surface area contributed by atoms with Gasteiger partial charge in [-0.1, -0.05) is 40.9 Å². The minimum Gasteiger partial charge on any atom is -0.491 e. The molecule has 0 spiro atoms. The van der Waals surface area contributed by atoms with Crippen molar-refractivity contribution < 1.29 is 4.74 Å². The van der Waals surface area contributed by atoms with Crippen molar-refractivity contribution in [1.82, 2.24) is 0 Å². The number of aryl methyl sites for hydroxylation is 2. The lowest BCUT2D eigenvalue weighted by atomic mass is 10.1. The summed E-state index contributed by atoms with van der Waals surface area (Å²) in [7, 11) is 0. The number of benzene rings is 2. The van der Waals surface area contributed by atoms with Crippen molar-refractivity contribution in [1.29, 1.82) is 0 Å². The van der Waals surface area contributed by atoms with E-state index in [9.17, 15) is 0 Å². The van der Waals surface area contributed by atoms with Crippen LogP contribution in [0.4, 0.5) is 5.69 Å². The van der Waals surface area contributed by atoms with Crippen LogP contribution >= 0.6 is 23.2 Å². The van der Waals surface area contributed by atoms with Gasteiger partial charge < -0.3 is 10.1 Å². The zero-order valence-corrected chi connectivity index (χ0v) is 13.1. The predicted molar refractivity (Wildman–Crippen MR) is 86.4 cm³/mol. The monoisotopic (exact) mass is 309 g/mol. The molecule has 4 heteroatoms. The van der Waals surface area contributed by atoms with Crippen LogP contribution < -0.4 is 10.1 Å². The van der Waals surface area contributed by atoms with E-state index >= 15 is 0 Å². The Hall–Kier alpha value is -1.38. The molecule has 0 saturated heterocycles. The summed E-state index contributed by atoms with van der Waals surface area (Å²) >= 11 is 11.8. The molecule has 106 valence electrons. The summed E-state index contributed by atoms with van der Waals surface area (Å²) < 4.78 is 5.75. The molecule has 0 aromatic heterocycles. The second-order valence-electron chi connectivity index (χ2n) is 4.67. The van der Waals surface area contributed by atoms with E-state index in [4.69, 9.17) is 27.9 Å². The third-order valence-corrected chi connectivity index (χ3v) is 3.68. The number of anilines is 1. The van der Waals surface area contributed by atoms with Gasteiger partial charge in [0.25, 0.3) is 0 Å². The highest BCUT2D eigenvalue weighted by molar-refractivity contribution is 6.42. The van der Waals surface area contributed by atoms with Gasteiger partial charge in [0, 0.05) is 12.2 Å². The van der Waals surface area contributed by atoms with Gasteiger partial charge in [-0.3, -0.25) is 0 Å². The van der Waals surface area contributed by atoms with Gasteiger partial charge in [0.15, 0.2) is 0 Å². The van der Waals surface area contributed by atoms with Crippen molar-refractivity contribution in [2.24, 2.45) is 0 Å². The topological polar surface area (TPSA) is 21.3 Å². The van der Waals surface area contributed by atoms with E-state index < -0.39 is 0 Å². The van der Waals surface area contributed by atoms with E-state index in [-0.39, 0.29) is 0 Å². The van der Waals surface area contributed by atoms with Crippen LogP contribution in [-0.4, -0.2) is 13.2 Å². The smallest absolute Gasteiger partial charge is 0.122 e. The van der Waals surface area contributed by atoms with Crippen molar-refractivity contribution in [3.8, 4) is 5.75 Å². The van der Waals surface area contributed by atoms with Crippen LogP contribution in [0.2, 0.25) is 10.0 Å². The Morgan fingerprint density at radius 2 is 1.80 bits per heavy atom. The Morgan fingerprint density at radius 1 is 1.00 bits per heavy atom. The number of halogens is 2. The first-order valence-electron chi connectivity index (χ1n) is 6.45. The molecule has 0 heterocycles. The van der Waals surface area contributed by atoms with Gasteiger partial charge >= 0.3 is 0 Å². The number of hydrogen-bond acceptors (Lipinski definition) is 2. The summed E-state index contributed by atoms with van der Waals surface area (Å²) in [6.07, 6.45) is 0. The quantitative estimate of drug-likeness (QED) is 0.776. The molecule has 2 nitrogen and oxygen atoms in total. The third kappa shape index (κ3) is 4.06. The summed E-state index contributed by atoms with van der Waals surface area (Å²) in [6.45, 7) is 5.41. The Bertz CT molecular complexity index is 599. The number of nitrogens with one attached hydrogen (secondary N) is 1. The maximum absolute atomic E-state index is 5.95. The molecule has 0 unspecified atom stereocenters. The molecule has 0 amide bonds. The van der Waals surface area contributed by atoms with Crippen molar-refractivity contribution in [2.75, 3.05) is 18.5 Å². The van der Waals surface area contributed by atoms with Gasteiger partial charge in [0.05, 0.1) is 10.0 Å². The average molecular weight is 310 g/mol. The molecule has 2 aromatic carbocycles. The minimum atomic E-state index is 0.548. The highest BCUT2D eigenvalue weighted by atomic mass is 35.5. The van der Waals surface area contributed by atoms with Crippen LogP contribution in [0.15, 0.2) is 36.4 Å². The van der Waals surface area contributed by atoms with Gasteiger partial charge in [0.2, 0.25) is 0 Å². The normalized spacial score (nSPS) is 10.4. The zero-order chi connectivity index (χ0) is 14.5. The van der Waals surface area contributed by atoms with Crippen LogP contribution in [-0.2, 0) is 0 Å². The third-order valence-electron chi connectivity index (χ3n) is 2.94. The summed E-state index contributed by atoms with van der Waals surface area (Å²) in [5.41, 5.74) is 3.33. The lowest BCUT2D eigenvalue weighted by Gasteiger charge is -2.11. The van der Waals surface area contributed by atoms with E-state index in [1.165, 1.54) is 5.56 Å². The number of ether oxygens (including phenoxy) is 1. The molecule has 0 aliphatic carbocycles. The van der Waals surface area contributed by atoms with Crippen LogP contribution in [0.1, 0.15) is 11.1 Å². The lowest BCUT2D eigenvalue weighted by Crippen LogP contribution is -2.11. The van der Waals surface area contributed by atoms with Gasteiger partial charge in [0.1, 0.15) is 12.4 Å². The SMILES string of the molecule is Cc1ccc(OCCNc2ccc(Cl)c(Cl)c2)c(C)c1. The van der Waals surface area contributed by atoms with E-state index in [2.05, 4.69) is 31.3 Å². The van der Waals surface area contributed by atoms with E-state index in [0.717, 1.165) is 17.0 Å². The van der Waals surface area contributed by atoms with E-state index in [1.807, 2.05) is 12.1 Å². The molecule has 0 bridgehead atoms. The maximum Gasteiger partial charge on any atom is 0.122 e. The summed E-state index contributed by atoms with van der Waals surface area (Å²) in [4.78, 5) is 0. The molecular formula is C16H17Cl2NO. The van der Waals surface area contributed by atoms with E-state index in [1.54, 1.807) is 12.1 Å². The van der Waals surface area contributed by atoms with Crippen molar-refractivity contribution in [3.05, 3.63) is 57.6 Å². The first-order chi connectivity index (χ1) is 9.56. The second kappa shape index (κ2) is 6.87. The standard InChI is InChI=1S/C16H17Cl2NO/c1-11-3-6-16(12(2)9-11)20-8-7-19-13-4-5-14(17)15(18)10-13/h3-6,9-10,19H,7-8H2,1-2H3. The van der Waals surface area contributed by atoms with E-state index in [0.29, 0.717) is 23.2 Å². The summed E-state index contributed by atoms with van der Waals surface area (Å²) in [5, 5.41) is 4.35. The molecule has 20 heavy (non-hydrogen) atoms. The molecular weight excluding hydrogens is 293 g/mol. The van der Waals surface area contributed by atoms with Crippen molar-refractivity contribution in [2.45, 2.75) is 13.8 Å². The highest BCUT2D eigenvalue weighted by Gasteiger charge is 2.01. The fourth-order valence-electron chi connectivity index (χ4n) is 1.92. The molecule has 1 N–H and O–H groups in total. The van der Waals surface area contributed by atoms with Crippen LogP contribution in [0.3, 0.4) is 0 Å². The molecule has 2 aromatic rings. The van der Waals surface area contributed by atoms with Crippen molar-refractivity contribution in [3.63, 3.8) is 0 Å². The molecule has 0 saturated carbocycles. The summed E-state index contributed by atoms with van der Waals surface area (Å²) in [6, 6.07) is 11.6. The molecule has 0 aliphatic rings. The highest BCUT2D eigenvalue weighted by Crippen LogP contribution is 2.25. The maximum atomic E-state index is 5.95. The second-order valence-corrected chi connectivity index (χ2v) is 5.49. The Balaban J connectivity index is 1.82. The predicted octanol–water partition coefficient (Wildman–Crippen LogP) is 5.10. The average Bonchev–Trinajstić information content (AvgIpc) is 2.40. The molecule has 0 fully saturated rings. The zero-order valence-electron chi connectivity index (χ0n) is 11.5. The summed E-state index contributed by atoms with van der Waals surface area (Å²) in [5.74, 6) is 0.923. The fourth-order valence-corrected chi connectivity index (χ4v) is 2.22. The van der Waals surface area contributed by atoms with Crippen LogP contribution in [0, 0.1) is 13.8 Å². The van der Waals surface area contributed by atoms with Gasteiger partial charge in [-0.05, 0) is 43.7 Å². The van der Waals surface area contributed by atoms with Crippen molar-refractivity contribution >= 4 is 28.9 Å². The Labute approximate surface area is 129 Å². The first-order valence-corrected chi connectivity index (χ1v) is 7.21. The minimum absolute atomic E-state index is 0.548. The van der Waals surface area contributed by atoms with Crippen LogP contribution in [0.25, 0.3) is 0 Å². The number of rotatable bonds is 5. The molecule has 0 aliphatic heterocycles. The Morgan fingerprint density at radius 3 is 2.50 bits per heavy atom. The molecule has 0 radical (unpaired) electrons. The van der Waals surface area contributed by atoms with Crippen LogP contribution in [0.5, 0.6) is 5.75 Å². The van der Waals surface area contributed by atoms with Gasteiger partial charge in [-0.2, -0.15) is 0 Å². The first kappa shape index (κ1) is 15.0. The largest absolute Gasteiger partial charge is 0.491 e.